The molecule has 0 amide bonds. The number of ether oxygens (including phenoxy) is 1. The summed E-state index contributed by atoms with van der Waals surface area (Å²) in [6.45, 7) is 0.564. The molecule has 0 bridgehead atoms. The van der Waals surface area contributed by atoms with E-state index in [9.17, 15) is 13.6 Å². The Kier molecular flexibility index (Phi) is 5.34. The van der Waals surface area contributed by atoms with Gasteiger partial charge in [0.05, 0.1) is 7.11 Å². The van der Waals surface area contributed by atoms with Crippen LogP contribution < -0.4 is 5.73 Å². The summed E-state index contributed by atoms with van der Waals surface area (Å²) < 4.78 is 28.2. The number of hydrogen-bond acceptors (Lipinski definition) is 3. The predicted molar refractivity (Wildman–Crippen MR) is 37.9 cm³/mol. The third kappa shape index (κ3) is 4.10. The van der Waals surface area contributed by atoms with E-state index in [1.54, 1.807) is 0 Å². The highest BCUT2D eigenvalue weighted by atomic mass is 35.5. The first kappa shape index (κ1) is 13.2. The van der Waals surface area contributed by atoms with Gasteiger partial charge >= 0.3 is 5.97 Å². The molecule has 0 spiro atoms. The van der Waals surface area contributed by atoms with E-state index < -0.39 is 17.9 Å². The molecule has 0 aromatic rings. The maximum absolute atomic E-state index is 12.1. The van der Waals surface area contributed by atoms with E-state index in [-0.39, 0.29) is 12.4 Å². The molecule has 0 aromatic carbocycles. The number of carbonyl (C=O) groups excluding carboxylic acids is 1. The zero-order valence-corrected chi connectivity index (χ0v) is 6.95. The lowest BCUT2D eigenvalue weighted by atomic mass is 10.2. The molecule has 0 aliphatic rings. The summed E-state index contributed by atoms with van der Waals surface area (Å²) in [7, 11) is 1.01. The Labute approximate surface area is 69.3 Å². The van der Waals surface area contributed by atoms with Gasteiger partial charge in [0.1, 0.15) is 0 Å². The molecule has 0 rings (SSSR count). The summed E-state index contributed by atoms with van der Waals surface area (Å²) in [6, 6.07) is -1.86. The van der Waals surface area contributed by atoms with Gasteiger partial charge in [-0.25, -0.2) is 8.78 Å². The van der Waals surface area contributed by atoms with Crippen LogP contribution in [0.5, 0.6) is 0 Å². The van der Waals surface area contributed by atoms with Gasteiger partial charge < -0.3 is 10.5 Å². The number of carbonyl (C=O) groups is 1. The predicted octanol–water partition coefficient (Wildman–Crippen LogP) is 0.564. The average molecular weight is 190 g/mol. The first-order chi connectivity index (χ1) is 4.39. The first-order valence-corrected chi connectivity index (χ1v) is 2.61. The fraction of sp³-hybridized carbons (Fsp3) is 0.800. The smallest absolute Gasteiger partial charge is 0.328 e. The molecule has 6 heteroatoms. The van der Waals surface area contributed by atoms with Crippen LogP contribution in [0.1, 0.15) is 6.92 Å². The van der Waals surface area contributed by atoms with Crippen molar-refractivity contribution in [2.45, 2.75) is 18.9 Å². The second kappa shape index (κ2) is 4.46. The number of alkyl halides is 2. The lowest BCUT2D eigenvalue weighted by molar-refractivity contribution is -0.150. The second-order valence-corrected chi connectivity index (χ2v) is 1.96. The fourth-order valence-electron chi connectivity index (χ4n) is 0.334. The van der Waals surface area contributed by atoms with Gasteiger partial charge in [0.15, 0.2) is 6.04 Å². The summed E-state index contributed by atoms with van der Waals surface area (Å²) in [5, 5.41) is 0. The summed E-state index contributed by atoms with van der Waals surface area (Å²) in [6.07, 6.45) is 0. The Morgan fingerprint density at radius 3 is 2.09 bits per heavy atom. The molecule has 0 fully saturated rings. The van der Waals surface area contributed by atoms with Crippen LogP contribution in [0.2, 0.25) is 0 Å². The van der Waals surface area contributed by atoms with Crippen molar-refractivity contribution >= 4 is 18.4 Å². The highest BCUT2D eigenvalue weighted by molar-refractivity contribution is 5.85. The number of rotatable bonds is 2. The second-order valence-electron chi connectivity index (χ2n) is 1.96. The largest absolute Gasteiger partial charge is 0.468 e. The molecule has 11 heavy (non-hydrogen) atoms. The quantitative estimate of drug-likeness (QED) is 0.646. The summed E-state index contributed by atoms with van der Waals surface area (Å²) >= 11 is 0. The van der Waals surface area contributed by atoms with E-state index in [0.29, 0.717) is 6.92 Å². The minimum atomic E-state index is -3.22. The molecule has 0 radical (unpaired) electrons. The molecule has 0 aliphatic heterocycles. The SMILES string of the molecule is COC(=O)C(N)C(C)(F)F.Cl. The maximum atomic E-state index is 12.1. The van der Waals surface area contributed by atoms with Crippen molar-refractivity contribution < 1.29 is 18.3 Å². The highest BCUT2D eigenvalue weighted by Crippen LogP contribution is 2.15. The van der Waals surface area contributed by atoms with Crippen LogP contribution in [0.25, 0.3) is 0 Å². The van der Waals surface area contributed by atoms with E-state index in [2.05, 4.69) is 4.74 Å². The summed E-state index contributed by atoms with van der Waals surface area (Å²) in [4.78, 5) is 10.3. The van der Waals surface area contributed by atoms with E-state index >= 15 is 0 Å². The molecule has 2 N–H and O–H groups in total. The number of hydrogen-bond donors (Lipinski definition) is 1. The molecular formula is C5H10ClF2NO2. The molecular weight excluding hydrogens is 180 g/mol. The third-order valence-electron chi connectivity index (χ3n) is 1.00. The third-order valence-corrected chi connectivity index (χ3v) is 1.00. The lowest BCUT2D eigenvalue weighted by Gasteiger charge is -2.15. The van der Waals surface area contributed by atoms with E-state index in [1.165, 1.54) is 0 Å². The van der Waals surface area contributed by atoms with Crippen molar-refractivity contribution in [1.82, 2.24) is 0 Å². The van der Waals surface area contributed by atoms with E-state index in [4.69, 9.17) is 5.73 Å². The Morgan fingerprint density at radius 2 is 2.00 bits per heavy atom. The van der Waals surface area contributed by atoms with E-state index in [0.717, 1.165) is 7.11 Å². The van der Waals surface area contributed by atoms with Crippen molar-refractivity contribution in [1.29, 1.82) is 0 Å². The Bertz CT molecular complexity index is 137. The molecule has 1 unspecified atom stereocenters. The van der Waals surface area contributed by atoms with Gasteiger partial charge in [-0.2, -0.15) is 0 Å². The molecule has 0 saturated heterocycles. The lowest BCUT2D eigenvalue weighted by Crippen LogP contribution is -2.45. The van der Waals surface area contributed by atoms with Crippen LogP contribution >= 0.6 is 12.4 Å². The summed E-state index contributed by atoms with van der Waals surface area (Å²) in [5.74, 6) is -4.32. The molecule has 0 heterocycles. The van der Waals surface area contributed by atoms with Crippen LogP contribution in [0.15, 0.2) is 0 Å². The van der Waals surface area contributed by atoms with Gasteiger partial charge in [-0.05, 0) is 0 Å². The maximum Gasteiger partial charge on any atom is 0.328 e. The van der Waals surface area contributed by atoms with Gasteiger partial charge in [-0.1, -0.05) is 0 Å². The van der Waals surface area contributed by atoms with Crippen LogP contribution in [0, 0.1) is 0 Å². The Morgan fingerprint density at radius 1 is 1.64 bits per heavy atom. The number of halogens is 3. The molecule has 3 nitrogen and oxygen atoms in total. The van der Waals surface area contributed by atoms with E-state index in [1.807, 2.05) is 0 Å². The zero-order valence-electron chi connectivity index (χ0n) is 6.14. The normalized spacial score (nSPS) is 13.2. The van der Waals surface area contributed by atoms with Crippen molar-refractivity contribution in [3.63, 3.8) is 0 Å². The van der Waals surface area contributed by atoms with Gasteiger partial charge in [0.25, 0.3) is 5.92 Å². The monoisotopic (exact) mass is 189 g/mol. The Hall–Kier alpha value is -0.420. The van der Waals surface area contributed by atoms with Crippen molar-refractivity contribution in [2.24, 2.45) is 5.73 Å². The molecule has 0 aromatic heterocycles. The van der Waals surface area contributed by atoms with Gasteiger partial charge in [0.2, 0.25) is 0 Å². The standard InChI is InChI=1S/C5H9F2NO2.ClH/c1-5(6,7)3(8)4(9)10-2;/h3H,8H2,1-2H3;1H. The fourth-order valence-corrected chi connectivity index (χ4v) is 0.334. The van der Waals surface area contributed by atoms with Crippen molar-refractivity contribution in [3.05, 3.63) is 0 Å². The minimum Gasteiger partial charge on any atom is -0.468 e. The Balaban J connectivity index is 0. The average Bonchev–Trinajstić information content (AvgIpc) is 1.83. The van der Waals surface area contributed by atoms with Gasteiger partial charge in [0, 0.05) is 6.92 Å². The van der Waals surface area contributed by atoms with Crippen molar-refractivity contribution in [3.8, 4) is 0 Å². The molecule has 1 atom stereocenters. The van der Waals surface area contributed by atoms with Crippen LogP contribution in [0.4, 0.5) is 8.78 Å². The number of methoxy groups -OCH3 is 1. The molecule has 68 valence electrons. The zero-order chi connectivity index (χ0) is 8.36. The number of esters is 1. The molecule has 0 saturated carbocycles. The molecule has 0 aliphatic carbocycles. The van der Waals surface area contributed by atoms with Crippen LogP contribution in [0.3, 0.4) is 0 Å². The van der Waals surface area contributed by atoms with Crippen LogP contribution in [-0.4, -0.2) is 25.0 Å². The van der Waals surface area contributed by atoms with Gasteiger partial charge in [-0.3, -0.25) is 4.79 Å². The van der Waals surface area contributed by atoms with Crippen molar-refractivity contribution in [2.75, 3.05) is 7.11 Å². The van der Waals surface area contributed by atoms with Crippen LogP contribution in [-0.2, 0) is 9.53 Å². The highest BCUT2D eigenvalue weighted by Gasteiger charge is 2.37. The minimum absolute atomic E-state index is 0. The topological polar surface area (TPSA) is 52.3 Å². The summed E-state index contributed by atoms with van der Waals surface area (Å²) in [5.41, 5.74) is 4.78. The first-order valence-electron chi connectivity index (χ1n) is 2.61. The number of nitrogens with two attached hydrogens (primary N) is 1. The van der Waals surface area contributed by atoms with Gasteiger partial charge in [-0.15, -0.1) is 12.4 Å².